The van der Waals surface area contributed by atoms with E-state index in [1.54, 1.807) is 12.1 Å². The van der Waals surface area contributed by atoms with E-state index >= 15 is 0 Å². The van der Waals surface area contributed by atoms with E-state index in [0.717, 1.165) is 22.2 Å². The van der Waals surface area contributed by atoms with E-state index in [9.17, 15) is 4.79 Å². The van der Waals surface area contributed by atoms with Crippen molar-refractivity contribution in [2.24, 2.45) is 0 Å². The van der Waals surface area contributed by atoms with Crippen molar-refractivity contribution >= 4 is 22.6 Å². The molecule has 7 nitrogen and oxygen atoms in total. The molecule has 0 aliphatic rings. The van der Waals surface area contributed by atoms with E-state index in [0.29, 0.717) is 17.0 Å². The van der Waals surface area contributed by atoms with Gasteiger partial charge < -0.3 is 9.73 Å². The van der Waals surface area contributed by atoms with Gasteiger partial charge in [0, 0.05) is 16.6 Å². The molecule has 0 saturated heterocycles. The minimum absolute atomic E-state index is 0.291. The van der Waals surface area contributed by atoms with Crippen LogP contribution in [-0.4, -0.2) is 26.1 Å². The van der Waals surface area contributed by atoms with Crippen LogP contribution in [0.3, 0.4) is 0 Å². The summed E-state index contributed by atoms with van der Waals surface area (Å²) in [5.74, 6) is 0.0219. The van der Waals surface area contributed by atoms with Crippen LogP contribution in [0, 0.1) is 13.8 Å². The summed E-state index contributed by atoms with van der Waals surface area (Å²) >= 11 is 0. The Balaban J connectivity index is 1.64. The minimum Gasteiger partial charge on any atom is -0.451 e. The number of aryl methyl sites for hydroxylation is 2. The summed E-state index contributed by atoms with van der Waals surface area (Å²) in [6.45, 7) is 3.90. The average molecular weight is 333 g/mol. The first-order valence-electron chi connectivity index (χ1n) is 7.76. The third-order valence-corrected chi connectivity index (χ3v) is 4.02. The number of fused-ring (bicyclic) bond motifs is 1. The number of aromatic nitrogens is 4. The standard InChI is InChI=1S/C18H15N5O2/c1-11-6-7-16-15(8-11)12(2)17(25-16)18(24)20-13-4-3-5-14(9-13)23-10-19-21-22-23/h3-10H,1-2H3,(H,20,24). The Kier molecular flexibility index (Phi) is 3.53. The summed E-state index contributed by atoms with van der Waals surface area (Å²) in [6, 6.07) is 13.1. The Labute approximate surface area is 143 Å². The molecule has 0 saturated carbocycles. The topological polar surface area (TPSA) is 85.8 Å². The molecule has 0 fully saturated rings. The number of rotatable bonds is 3. The van der Waals surface area contributed by atoms with Gasteiger partial charge in [-0.25, -0.2) is 4.68 Å². The molecule has 124 valence electrons. The van der Waals surface area contributed by atoms with Crippen LogP contribution in [0.15, 0.2) is 53.2 Å². The van der Waals surface area contributed by atoms with Crippen LogP contribution in [0.5, 0.6) is 0 Å². The number of furan rings is 1. The highest BCUT2D eigenvalue weighted by Gasteiger charge is 2.18. The fourth-order valence-electron chi connectivity index (χ4n) is 2.74. The van der Waals surface area contributed by atoms with Crippen LogP contribution < -0.4 is 5.32 Å². The summed E-state index contributed by atoms with van der Waals surface area (Å²) in [7, 11) is 0. The highest BCUT2D eigenvalue weighted by atomic mass is 16.3. The Bertz CT molecular complexity index is 1070. The fraction of sp³-hybridized carbons (Fsp3) is 0.111. The summed E-state index contributed by atoms with van der Waals surface area (Å²) in [4.78, 5) is 12.6. The van der Waals surface area contributed by atoms with Gasteiger partial charge in [0.1, 0.15) is 11.9 Å². The molecule has 2 aromatic heterocycles. The van der Waals surface area contributed by atoms with E-state index in [-0.39, 0.29) is 5.91 Å². The molecular weight excluding hydrogens is 318 g/mol. The van der Waals surface area contributed by atoms with E-state index in [1.807, 2.05) is 44.2 Å². The number of carbonyl (C=O) groups is 1. The summed E-state index contributed by atoms with van der Waals surface area (Å²) in [5.41, 5.74) is 4.04. The second-order valence-electron chi connectivity index (χ2n) is 5.81. The van der Waals surface area contributed by atoms with Gasteiger partial charge in [0.25, 0.3) is 5.91 Å². The van der Waals surface area contributed by atoms with Crippen molar-refractivity contribution in [1.29, 1.82) is 0 Å². The van der Waals surface area contributed by atoms with Gasteiger partial charge in [0.2, 0.25) is 0 Å². The van der Waals surface area contributed by atoms with E-state index < -0.39 is 0 Å². The minimum atomic E-state index is -0.291. The zero-order valence-corrected chi connectivity index (χ0v) is 13.7. The molecule has 7 heteroatoms. The third-order valence-electron chi connectivity index (χ3n) is 4.02. The predicted molar refractivity (Wildman–Crippen MR) is 92.8 cm³/mol. The first-order valence-corrected chi connectivity index (χ1v) is 7.76. The van der Waals surface area contributed by atoms with E-state index in [1.165, 1.54) is 11.0 Å². The lowest BCUT2D eigenvalue weighted by Crippen LogP contribution is -2.12. The van der Waals surface area contributed by atoms with Gasteiger partial charge >= 0.3 is 0 Å². The van der Waals surface area contributed by atoms with Crippen molar-refractivity contribution in [2.45, 2.75) is 13.8 Å². The molecular formula is C18H15N5O2. The molecule has 2 aromatic carbocycles. The van der Waals surface area contributed by atoms with Crippen molar-refractivity contribution < 1.29 is 9.21 Å². The highest BCUT2D eigenvalue weighted by molar-refractivity contribution is 6.06. The van der Waals surface area contributed by atoms with E-state index in [4.69, 9.17) is 4.42 Å². The first kappa shape index (κ1) is 15.1. The fourth-order valence-corrected chi connectivity index (χ4v) is 2.74. The molecule has 0 aliphatic carbocycles. The molecule has 4 aromatic rings. The number of hydrogen-bond acceptors (Lipinski definition) is 5. The van der Waals surface area contributed by atoms with Gasteiger partial charge in [-0.2, -0.15) is 0 Å². The monoisotopic (exact) mass is 333 g/mol. The molecule has 0 atom stereocenters. The average Bonchev–Trinajstić information content (AvgIpc) is 3.24. The van der Waals surface area contributed by atoms with Crippen LogP contribution in [0.1, 0.15) is 21.7 Å². The van der Waals surface area contributed by atoms with E-state index in [2.05, 4.69) is 20.8 Å². The SMILES string of the molecule is Cc1ccc2oc(C(=O)Nc3cccc(-n4cnnn4)c3)c(C)c2c1. The number of nitrogens with zero attached hydrogens (tertiary/aromatic N) is 4. The van der Waals surface area contributed by atoms with Crippen molar-refractivity contribution in [1.82, 2.24) is 20.2 Å². The maximum absolute atomic E-state index is 12.6. The predicted octanol–water partition coefficient (Wildman–Crippen LogP) is 3.28. The molecule has 1 N–H and O–H groups in total. The Morgan fingerprint density at radius 2 is 2.04 bits per heavy atom. The van der Waals surface area contributed by atoms with Crippen LogP contribution in [-0.2, 0) is 0 Å². The van der Waals surface area contributed by atoms with Crippen molar-refractivity contribution in [3.8, 4) is 5.69 Å². The molecule has 2 heterocycles. The maximum Gasteiger partial charge on any atom is 0.291 e. The Hall–Kier alpha value is -3.48. The Morgan fingerprint density at radius 3 is 2.84 bits per heavy atom. The zero-order valence-electron chi connectivity index (χ0n) is 13.7. The molecule has 0 bridgehead atoms. The molecule has 0 unspecified atom stereocenters. The maximum atomic E-state index is 12.6. The lowest BCUT2D eigenvalue weighted by atomic mass is 10.1. The lowest BCUT2D eigenvalue weighted by molar-refractivity contribution is 0.0998. The first-order chi connectivity index (χ1) is 12.1. The molecule has 4 rings (SSSR count). The molecule has 0 radical (unpaired) electrons. The number of carbonyl (C=O) groups excluding carboxylic acids is 1. The summed E-state index contributed by atoms with van der Waals surface area (Å²) in [6.07, 6.45) is 1.49. The molecule has 0 aliphatic heterocycles. The van der Waals surface area contributed by atoms with Crippen molar-refractivity contribution in [3.63, 3.8) is 0 Å². The van der Waals surface area contributed by atoms with Gasteiger partial charge in [0.15, 0.2) is 5.76 Å². The third kappa shape index (κ3) is 2.76. The smallest absolute Gasteiger partial charge is 0.291 e. The second kappa shape index (κ2) is 5.86. The molecule has 0 spiro atoms. The number of benzene rings is 2. The zero-order chi connectivity index (χ0) is 17.4. The van der Waals surface area contributed by atoms with Crippen LogP contribution >= 0.6 is 0 Å². The number of amides is 1. The van der Waals surface area contributed by atoms with Crippen LogP contribution in [0.4, 0.5) is 5.69 Å². The van der Waals surface area contributed by atoms with Gasteiger partial charge in [-0.1, -0.05) is 17.7 Å². The quantitative estimate of drug-likeness (QED) is 0.622. The number of anilines is 1. The normalized spacial score (nSPS) is 11.0. The second-order valence-corrected chi connectivity index (χ2v) is 5.81. The number of tetrazole rings is 1. The largest absolute Gasteiger partial charge is 0.451 e. The Morgan fingerprint density at radius 1 is 1.16 bits per heavy atom. The lowest BCUT2D eigenvalue weighted by Gasteiger charge is -2.06. The van der Waals surface area contributed by atoms with Gasteiger partial charge in [-0.3, -0.25) is 4.79 Å². The van der Waals surface area contributed by atoms with Gasteiger partial charge in [0.05, 0.1) is 5.69 Å². The summed E-state index contributed by atoms with van der Waals surface area (Å²) in [5, 5.41) is 14.9. The highest BCUT2D eigenvalue weighted by Crippen LogP contribution is 2.27. The number of hydrogen-bond donors (Lipinski definition) is 1. The van der Waals surface area contributed by atoms with Gasteiger partial charge in [-0.05, 0) is 54.6 Å². The number of nitrogens with one attached hydrogen (secondary N) is 1. The summed E-state index contributed by atoms with van der Waals surface area (Å²) < 4.78 is 7.26. The van der Waals surface area contributed by atoms with Gasteiger partial charge in [-0.15, -0.1) is 5.10 Å². The van der Waals surface area contributed by atoms with Crippen molar-refractivity contribution in [2.75, 3.05) is 5.32 Å². The van der Waals surface area contributed by atoms with Crippen LogP contribution in [0.2, 0.25) is 0 Å². The molecule has 25 heavy (non-hydrogen) atoms. The van der Waals surface area contributed by atoms with Crippen LogP contribution in [0.25, 0.3) is 16.7 Å². The molecule has 1 amide bonds. The van der Waals surface area contributed by atoms with Crippen molar-refractivity contribution in [3.05, 3.63) is 65.7 Å².